The number of likely N-dealkylation sites (tertiary alicyclic amines) is 1. The average molecular weight is 271 g/mol. The van der Waals surface area contributed by atoms with Crippen molar-refractivity contribution in [2.24, 2.45) is 5.92 Å². The zero-order chi connectivity index (χ0) is 14.2. The van der Waals surface area contributed by atoms with Crippen molar-refractivity contribution < 1.29 is 22.8 Å². The SMILES string of the molecule is CN1C(=O)CC(Cc2cccc(C(F)(F)F)c2)C1=O. The summed E-state index contributed by atoms with van der Waals surface area (Å²) in [6.07, 6.45) is -4.19. The molecule has 102 valence electrons. The second-order valence-electron chi connectivity index (χ2n) is 4.59. The molecule has 1 aromatic carbocycles. The Hall–Kier alpha value is -1.85. The highest BCUT2D eigenvalue weighted by Gasteiger charge is 2.36. The Labute approximate surface area is 108 Å². The van der Waals surface area contributed by atoms with E-state index < -0.39 is 17.7 Å². The molecule has 0 N–H and O–H groups in total. The first-order valence-corrected chi connectivity index (χ1v) is 5.75. The number of rotatable bonds is 2. The van der Waals surface area contributed by atoms with Gasteiger partial charge >= 0.3 is 6.18 Å². The summed E-state index contributed by atoms with van der Waals surface area (Å²) >= 11 is 0. The van der Waals surface area contributed by atoms with Crippen molar-refractivity contribution in [1.29, 1.82) is 0 Å². The molecule has 1 atom stereocenters. The molecular formula is C13H12F3NO2. The Morgan fingerprint density at radius 3 is 2.53 bits per heavy atom. The zero-order valence-corrected chi connectivity index (χ0v) is 10.2. The van der Waals surface area contributed by atoms with Crippen LogP contribution >= 0.6 is 0 Å². The van der Waals surface area contributed by atoms with Gasteiger partial charge in [0.1, 0.15) is 0 Å². The van der Waals surface area contributed by atoms with E-state index >= 15 is 0 Å². The van der Waals surface area contributed by atoms with Crippen LogP contribution in [0.4, 0.5) is 13.2 Å². The molecule has 1 fully saturated rings. The molecule has 19 heavy (non-hydrogen) atoms. The van der Waals surface area contributed by atoms with Gasteiger partial charge in [0.15, 0.2) is 0 Å². The van der Waals surface area contributed by atoms with E-state index in [-0.39, 0.29) is 24.7 Å². The number of carbonyl (C=O) groups is 2. The minimum Gasteiger partial charge on any atom is -0.285 e. The topological polar surface area (TPSA) is 37.4 Å². The molecule has 1 unspecified atom stereocenters. The summed E-state index contributed by atoms with van der Waals surface area (Å²) in [5.74, 6) is -1.18. The summed E-state index contributed by atoms with van der Waals surface area (Å²) in [4.78, 5) is 24.0. The first-order valence-electron chi connectivity index (χ1n) is 5.75. The quantitative estimate of drug-likeness (QED) is 0.774. The van der Waals surface area contributed by atoms with E-state index in [4.69, 9.17) is 0 Å². The molecule has 1 aliphatic rings. The van der Waals surface area contributed by atoms with Crippen LogP contribution in [0.5, 0.6) is 0 Å². The Morgan fingerprint density at radius 2 is 2.00 bits per heavy atom. The Bertz CT molecular complexity index is 525. The third kappa shape index (κ3) is 2.77. The minimum atomic E-state index is -4.40. The Balaban J connectivity index is 2.17. The second-order valence-corrected chi connectivity index (χ2v) is 4.59. The van der Waals surface area contributed by atoms with Gasteiger partial charge in [-0.3, -0.25) is 14.5 Å². The Morgan fingerprint density at radius 1 is 1.32 bits per heavy atom. The molecular weight excluding hydrogens is 259 g/mol. The van der Waals surface area contributed by atoms with Crippen molar-refractivity contribution in [2.75, 3.05) is 7.05 Å². The number of carbonyl (C=O) groups excluding carboxylic acids is 2. The second kappa shape index (κ2) is 4.68. The predicted octanol–water partition coefficient (Wildman–Crippen LogP) is 2.25. The van der Waals surface area contributed by atoms with Crippen LogP contribution in [0.2, 0.25) is 0 Å². The molecule has 1 saturated heterocycles. The minimum absolute atomic E-state index is 0.0611. The van der Waals surface area contributed by atoms with E-state index in [0.717, 1.165) is 17.0 Å². The number of alkyl halides is 3. The molecule has 0 radical (unpaired) electrons. The number of hydrogen-bond acceptors (Lipinski definition) is 2. The van der Waals surface area contributed by atoms with Gasteiger partial charge < -0.3 is 0 Å². The maximum Gasteiger partial charge on any atom is 0.416 e. The van der Waals surface area contributed by atoms with E-state index in [1.807, 2.05) is 0 Å². The van der Waals surface area contributed by atoms with Crippen LogP contribution < -0.4 is 0 Å². The highest BCUT2D eigenvalue weighted by atomic mass is 19.4. The van der Waals surface area contributed by atoms with Crippen molar-refractivity contribution in [3.05, 3.63) is 35.4 Å². The summed E-state index contributed by atoms with van der Waals surface area (Å²) in [6, 6.07) is 4.85. The number of halogens is 3. The number of benzene rings is 1. The Kier molecular flexibility index (Phi) is 3.34. The van der Waals surface area contributed by atoms with Gasteiger partial charge in [-0.1, -0.05) is 18.2 Å². The standard InChI is InChI=1S/C13H12F3NO2/c1-17-11(18)7-9(12(17)19)5-8-3-2-4-10(6-8)13(14,15)16/h2-4,6,9H,5,7H2,1H3. The number of imide groups is 1. The fraction of sp³-hybridized carbons (Fsp3) is 0.385. The lowest BCUT2D eigenvalue weighted by molar-refractivity contribution is -0.138. The van der Waals surface area contributed by atoms with E-state index in [2.05, 4.69) is 0 Å². The third-order valence-electron chi connectivity index (χ3n) is 3.21. The number of amides is 2. The van der Waals surface area contributed by atoms with Crippen molar-refractivity contribution in [3.63, 3.8) is 0 Å². The monoisotopic (exact) mass is 271 g/mol. The maximum absolute atomic E-state index is 12.6. The van der Waals surface area contributed by atoms with Crippen LogP contribution in [0.3, 0.4) is 0 Å². The summed E-state index contributed by atoms with van der Waals surface area (Å²) in [7, 11) is 1.39. The largest absolute Gasteiger partial charge is 0.416 e. The van der Waals surface area contributed by atoms with E-state index in [1.54, 1.807) is 0 Å². The van der Waals surface area contributed by atoms with Crippen LogP contribution in [0, 0.1) is 5.92 Å². The van der Waals surface area contributed by atoms with Crippen molar-refractivity contribution in [3.8, 4) is 0 Å². The lowest BCUT2D eigenvalue weighted by atomic mass is 9.96. The normalized spacial score (nSPS) is 20.2. The summed E-state index contributed by atoms with van der Waals surface area (Å²) in [5.41, 5.74) is -0.327. The lowest BCUT2D eigenvalue weighted by Gasteiger charge is -2.11. The van der Waals surface area contributed by atoms with Gasteiger partial charge in [-0.2, -0.15) is 13.2 Å². The molecule has 0 aliphatic carbocycles. The first kappa shape index (κ1) is 13.6. The fourth-order valence-corrected chi connectivity index (χ4v) is 2.15. The fourth-order valence-electron chi connectivity index (χ4n) is 2.15. The van der Waals surface area contributed by atoms with Gasteiger partial charge in [-0.15, -0.1) is 0 Å². The first-order chi connectivity index (χ1) is 8.79. The highest BCUT2D eigenvalue weighted by Crippen LogP contribution is 2.30. The summed E-state index contributed by atoms with van der Waals surface area (Å²) in [6.45, 7) is 0. The van der Waals surface area contributed by atoms with Crippen molar-refractivity contribution >= 4 is 11.8 Å². The van der Waals surface area contributed by atoms with Gasteiger partial charge in [0.05, 0.1) is 11.5 Å². The van der Waals surface area contributed by atoms with Crippen LogP contribution in [-0.4, -0.2) is 23.8 Å². The average Bonchev–Trinajstić information content (AvgIpc) is 2.56. The molecule has 0 bridgehead atoms. The molecule has 0 spiro atoms. The van der Waals surface area contributed by atoms with Gasteiger partial charge in [0.25, 0.3) is 0 Å². The highest BCUT2D eigenvalue weighted by molar-refractivity contribution is 6.03. The van der Waals surface area contributed by atoms with E-state index in [0.29, 0.717) is 5.56 Å². The maximum atomic E-state index is 12.6. The van der Waals surface area contributed by atoms with Crippen LogP contribution in [0.15, 0.2) is 24.3 Å². The summed E-state index contributed by atoms with van der Waals surface area (Å²) < 4.78 is 37.7. The van der Waals surface area contributed by atoms with Crippen LogP contribution in [0.25, 0.3) is 0 Å². The molecule has 2 rings (SSSR count). The van der Waals surface area contributed by atoms with Gasteiger partial charge in [0, 0.05) is 13.5 Å². The van der Waals surface area contributed by atoms with Crippen LogP contribution in [-0.2, 0) is 22.2 Å². The lowest BCUT2D eigenvalue weighted by Crippen LogP contribution is -2.26. The number of hydrogen-bond donors (Lipinski definition) is 0. The molecule has 1 heterocycles. The van der Waals surface area contributed by atoms with Gasteiger partial charge in [-0.25, -0.2) is 0 Å². The molecule has 2 amide bonds. The van der Waals surface area contributed by atoms with Gasteiger partial charge in [0.2, 0.25) is 11.8 Å². The molecule has 6 heteroatoms. The van der Waals surface area contributed by atoms with Gasteiger partial charge in [-0.05, 0) is 18.1 Å². The third-order valence-corrected chi connectivity index (χ3v) is 3.21. The zero-order valence-electron chi connectivity index (χ0n) is 10.2. The van der Waals surface area contributed by atoms with Crippen LogP contribution in [0.1, 0.15) is 17.5 Å². The molecule has 1 aromatic rings. The molecule has 3 nitrogen and oxygen atoms in total. The van der Waals surface area contributed by atoms with Crippen molar-refractivity contribution in [1.82, 2.24) is 4.90 Å². The predicted molar refractivity (Wildman–Crippen MR) is 61.0 cm³/mol. The smallest absolute Gasteiger partial charge is 0.285 e. The summed E-state index contributed by atoms with van der Waals surface area (Å²) in [5, 5.41) is 0. The number of nitrogens with zero attached hydrogens (tertiary/aromatic N) is 1. The van der Waals surface area contributed by atoms with E-state index in [1.165, 1.54) is 19.2 Å². The molecule has 0 aromatic heterocycles. The van der Waals surface area contributed by atoms with Crippen molar-refractivity contribution in [2.45, 2.75) is 19.0 Å². The molecule has 0 saturated carbocycles. The molecule has 1 aliphatic heterocycles. The van der Waals surface area contributed by atoms with E-state index in [9.17, 15) is 22.8 Å².